The van der Waals surface area contributed by atoms with Crippen molar-refractivity contribution in [3.05, 3.63) is 94.6 Å². The topological polar surface area (TPSA) is 113 Å². The molecule has 1 aliphatic heterocycles. The van der Waals surface area contributed by atoms with Crippen molar-refractivity contribution in [2.75, 3.05) is 18.1 Å². The van der Waals surface area contributed by atoms with Gasteiger partial charge in [-0.2, -0.15) is 0 Å². The molecule has 1 saturated heterocycles. The maximum atomic E-state index is 13.3. The van der Waals surface area contributed by atoms with Crippen LogP contribution in [0.3, 0.4) is 0 Å². The summed E-state index contributed by atoms with van der Waals surface area (Å²) in [5, 5.41) is 21.2. The van der Waals surface area contributed by atoms with Gasteiger partial charge in [-0.3, -0.25) is 19.3 Å². The highest BCUT2D eigenvalue weighted by molar-refractivity contribution is 6.51. The van der Waals surface area contributed by atoms with Crippen LogP contribution in [0.4, 0.5) is 5.69 Å². The molecule has 3 aromatic rings. The van der Waals surface area contributed by atoms with Crippen LogP contribution in [-0.2, 0) is 25.5 Å². The van der Waals surface area contributed by atoms with E-state index in [0.29, 0.717) is 34.7 Å². The lowest BCUT2D eigenvalue weighted by Crippen LogP contribution is -2.29. The molecule has 1 heterocycles. The van der Waals surface area contributed by atoms with E-state index in [-0.39, 0.29) is 36.1 Å². The van der Waals surface area contributed by atoms with E-state index in [1.807, 2.05) is 13.8 Å². The number of aryl methyl sites for hydroxylation is 1. The van der Waals surface area contributed by atoms with Gasteiger partial charge in [0.25, 0.3) is 11.7 Å². The number of amides is 1. The molecule has 196 valence electrons. The fourth-order valence-corrected chi connectivity index (χ4v) is 4.49. The monoisotopic (exact) mass is 515 g/mol. The number of hydrogen-bond donors (Lipinski definition) is 2. The molecule has 38 heavy (non-hydrogen) atoms. The summed E-state index contributed by atoms with van der Waals surface area (Å²) >= 11 is 0. The summed E-state index contributed by atoms with van der Waals surface area (Å²) in [6.45, 7) is 6.19. The van der Waals surface area contributed by atoms with Gasteiger partial charge in [-0.25, -0.2) is 0 Å². The summed E-state index contributed by atoms with van der Waals surface area (Å²) in [5.74, 6) is -1.63. The lowest BCUT2D eigenvalue weighted by Gasteiger charge is -2.25. The second-order valence-electron chi connectivity index (χ2n) is 8.82. The van der Waals surface area contributed by atoms with Gasteiger partial charge in [0.1, 0.15) is 17.3 Å². The number of nitrogens with zero attached hydrogens (tertiary/aromatic N) is 1. The molecule has 1 unspecified atom stereocenters. The average Bonchev–Trinajstić information content (AvgIpc) is 3.16. The minimum Gasteiger partial charge on any atom is -0.508 e. The third-order valence-corrected chi connectivity index (χ3v) is 6.27. The number of carbonyl (C=O) groups excluding carboxylic acids is 3. The van der Waals surface area contributed by atoms with Crippen LogP contribution in [0.2, 0.25) is 0 Å². The second kappa shape index (κ2) is 11.2. The molecule has 0 spiro atoms. The van der Waals surface area contributed by atoms with Gasteiger partial charge in [0.15, 0.2) is 0 Å². The van der Waals surface area contributed by atoms with Gasteiger partial charge in [-0.05, 0) is 79.9 Å². The van der Waals surface area contributed by atoms with Crippen molar-refractivity contribution in [1.29, 1.82) is 0 Å². The fourth-order valence-electron chi connectivity index (χ4n) is 4.49. The van der Waals surface area contributed by atoms with Gasteiger partial charge < -0.3 is 19.7 Å². The molecule has 0 saturated carbocycles. The summed E-state index contributed by atoms with van der Waals surface area (Å²) in [4.78, 5) is 39.9. The predicted octanol–water partition coefficient (Wildman–Crippen LogP) is 4.83. The first-order valence-electron chi connectivity index (χ1n) is 12.3. The first kappa shape index (κ1) is 26.5. The molecule has 8 heteroatoms. The third-order valence-electron chi connectivity index (χ3n) is 6.27. The number of carbonyl (C=O) groups is 3. The van der Waals surface area contributed by atoms with E-state index in [1.165, 1.54) is 17.0 Å². The Labute approximate surface area is 220 Å². The van der Waals surface area contributed by atoms with Crippen LogP contribution >= 0.6 is 0 Å². The number of aliphatic hydroxyl groups excluding tert-OH is 1. The molecule has 0 radical (unpaired) electrons. The maximum Gasteiger partial charge on any atom is 0.310 e. The number of phenolic OH excluding ortho intramolecular Hbond substituents is 1. The standard InChI is InChI=1S/C30H29NO7/c1-4-37-24-15-10-21(16-18(24)3)28(34)26-27(20-8-13-23(32)14-9-20)31(30(36)29(26)35)22-11-6-19(7-12-22)17-25(33)38-5-2/h6-16,27,32,34H,4-5,17H2,1-3H3/b28-26-. The molecule has 0 bridgehead atoms. The molecule has 0 aliphatic carbocycles. The number of aromatic hydroxyl groups is 1. The zero-order chi connectivity index (χ0) is 27.4. The maximum absolute atomic E-state index is 13.3. The molecule has 3 aromatic carbocycles. The van der Waals surface area contributed by atoms with E-state index in [2.05, 4.69) is 0 Å². The van der Waals surface area contributed by atoms with Crippen LogP contribution in [0.1, 0.15) is 42.1 Å². The highest BCUT2D eigenvalue weighted by Crippen LogP contribution is 2.42. The Morgan fingerprint density at radius 2 is 1.63 bits per heavy atom. The van der Waals surface area contributed by atoms with Crippen LogP contribution in [0.15, 0.2) is 72.3 Å². The Balaban J connectivity index is 1.80. The second-order valence-corrected chi connectivity index (χ2v) is 8.82. The van der Waals surface area contributed by atoms with Crippen molar-refractivity contribution in [1.82, 2.24) is 0 Å². The largest absolute Gasteiger partial charge is 0.508 e. The van der Waals surface area contributed by atoms with E-state index >= 15 is 0 Å². The Bertz CT molecular complexity index is 1390. The number of ether oxygens (including phenoxy) is 2. The summed E-state index contributed by atoms with van der Waals surface area (Å²) in [6.07, 6.45) is 0.0748. The average molecular weight is 516 g/mol. The molecular weight excluding hydrogens is 486 g/mol. The number of aliphatic hydroxyl groups is 1. The van der Waals surface area contributed by atoms with Gasteiger partial charge >= 0.3 is 5.97 Å². The highest BCUT2D eigenvalue weighted by atomic mass is 16.5. The van der Waals surface area contributed by atoms with Crippen molar-refractivity contribution in [3.8, 4) is 11.5 Å². The summed E-state index contributed by atoms with van der Waals surface area (Å²) in [6, 6.07) is 16.9. The summed E-state index contributed by atoms with van der Waals surface area (Å²) < 4.78 is 10.6. The van der Waals surface area contributed by atoms with Crippen LogP contribution in [0.25, 0.3) is 5.76 Å². The summed E-state index contributed by atoms with van der Waals surface area (Å²) in [5.41, 5.74) is 2.71. The minimum atomic E-state index is -0.946. The summed E-state index contributed by atoms with van der Waals surface area (Å²) in [7, 11) is 0. The number of ketones is 1. The highest BCUT2D eigenvalue weighted by Gasteiger charge is 2.47. The lowest BCUT2D eigenvalue weighted by molar-refractivity contribution is -0.142. The third kappa shape index (κ3) is 5.25. The molecule has 2 N–H and O–H groups in total. The molecule has 8 nitrogen and oxygen atoms in total. The molecule has 1 atom stereocenters. The molecule has 4 rings (SSSR count). The van der Waals surface area contributed by atoms with Crippen LogP contribution in [0.5, 0.6) is 11.5 Å². The van der Waals surface area contributed by atoms with E-state index in [9.17, 15) is 24.6 Å². The van der Waals surface area contributed by atoms with E-state index in [0.717, 1.165) is 5.56 Å². The lowest BCUT2D eigenvalue weighted by atomic mass is 9.94. The SMILES string of the molecule is CCOC(=O)Cc1ccc(N2C(=O)C(=O)/C(=C(\O)c3ccc(OCC)c(C)c3)C2c2ccc(O)cc2)cc1. The van der Waals surface area contributed by atoms with Crippen molar-refractivity contribution in [3.63, 3.8) is 0 Å². The smallest absolute Gasteiger partial charge is 0.310 e. The van der Waals surface area contributed by atoms with Gasteiger partial charge in [0.05, 0.1) is 31.2 Å². The zero-order valence-corrected chi connectivity index (χ0v) is 21.4. The Hall–Kier alpha value is -4.59. The number of esters is 1. The number of Topliss-reactive ketones (excluding diaryl/α,β-unsaturated/α-hetero) is 1. The predicted molar refractivity (Wildman–Crippen MR) is 142 cm³/mol. The van der Waals surface area contributed by atoms with Crippen LogP contribution < -0.4 is 9.64 Å². The Morgan fingerprint density at radius 3 is 2.24 bits per heavy atom. The van der Waals surface area contributed by atoms with Crippen molar-refractivity contribution < 1.29 is 34.1 Å². The normalized spacial score (nSPS) is 16.5. The molecule has 1 amide bonds. The number of phenols is 1. The van der Waals surface area contributed by atoms with Gasteiger partial charge in [-0.1, -0.05) is 24.3 Å². The quantitative estimate of drug-likeness (QED) is 0.191. The molecule has 1 fully saturated rings. The minimum absolute atomic E-state index is 0.0242. The van der Waals surface area contributed by atoms with E-state index < -0.39 is 17.7 Å². The van der Waals surface area contributed by atoms with Crippen molar-refractivity contribution in [2.24, 2.45) is 0 Å². The van der Waals surface area contributed by atoms with Gasteiger partial charge in [0.2, 0.25) is 0 Å². The van der Waals surface area contributed by atoms with Crippen LogP contribution in [0, 0.1) is 6.92 Å². The van der Waals surface area contributed by atoms with Crippen molar-refractivity contribution >= 4 is 29.1 Å². The number of benzene rings is 3. The Morgan fingerprint density at radius 1 is 0.947 bits per heavy atom. The number of rotatable bonds is 8. The molecule has 0 aromatic heterocycles. The van der Waals surface area contributed by atoms with E-state index in [1.54, 1.807) is 61.5 Å². The zero-order valence-electron chi connectivity index (χ0n) is 21.4. The van der Waals surface area contributed by atoms with Crippen molar-refractivity contribution in [2.45, 2.75) is 33.2 Å². The first-order valence-corrected chi connectivity index (χ1v) is 12.3. The van der Waals surface area contributed by atoms with Gasteiger partial charge in [-0.15, -0.1) is 0 Å². The molecular formula is C30H29NO7. The first-order chi connectivity index (χ1) is 18.2. The number of hydrogen-bond acceptors (Lipinski definition) is 7. The Kier molecular flexibility index (Phi) is 7.81. The van der Waals surface area contributed by atoms with Crippen LogP contribution in [-0.4, -0.2) is 41.1 Å². The number of anilines is 1. The van der Waals surface area contributed by atoms with E-state index in [4.69, 9.17) is 9.47 Å². The fraction of sp³-hybridized carbons (Fsp3) is 0.233. The molecule has 1 aliphatic rings. The van der Waals surface area contributed by atoms with Gasteiger partial charge in [0, 0.05) is 11.3 Å².